The Labute approximate surface area is 229 Å². The number of carbonyl (C=O) groups is 1. The van der Waals surface area contributed by atoms with Gasteiger partial charge in [-0.15, -0.1) is 0 Å². The number of carboxylic acid groups (broad SMARTS) is 1. The molecular formula is C33H46O5. The summed E-state index contributed by atoms with van der Waals surface area (Å²) < 4.78 is 5.82. The van der Waals surface area contributed by atoms with E-state index in [0.717, 1.165) is 42.4 Å². The van der Waals surface area contributed by atoms with Crippen LogP contribution in [0.1, 0.15) is 107 Å². The van der Waals surface area contributed by atoms with Crippen molar-refractivity contribution in [1.82, 2.24) is 0 Å². The predicted molar refractivity (Wildman–Crippen MR) is 154 cm³/mol. The number of ether oxygens (including phenoxy) is 1. The zero-order valence-electron chi connectivity index (χ0n) is 24.1. The summed E-state index contributed by atoms with van der Waals surface area (Å²) in [6, 6.07) is 12.7. The van der Waals surface area contributed by atoms with E-state index < -0.39 is 17.7 Å². The van der Waals surface area contributed by atoms with Gasteiger partial charge in [0, 0.05) is 17.4 Å². The Morgan fingerprint density at radius 1 is 0.947 bits per heavy atom. The highest BCUT2D eigenvalue weighted by molar-refractivity contribution is 5.66. The number of hydrogen-bond donors (Lipinski definition) is 3. The van der Waals surface area contributed by atoms with Crippen LogP contribution in [0.25, 0.3) is 0 Å². The van der Waals surface area contributed by atoms with Gasteiger partial charge < -0.3 is 20.1 Å². The topological polar surface area (TPSA) is 87.0 Å². The smallest absolute Gasteiger partial charge is 0.303 e. The van der Waals surface area contributed by atoms with Crippen molar-refractivity contribution in [3.05, 3.63) is 64.2 Å². The molecule has 0 aliphatic heterocycles. The van der Waals surface area contributed by atoms with Crippen molar-refractivity contribution in [2.24, 2.45) is 0 Å². The molecule has 5 nitrogen and oxygen atoms in total. The van der Waals surface area contributed by atoms with Gasteiger partial charge in [-0.25, -0.2) is 0 Å². The van der Waals surface area contributed by atoms with Crippen molar-refractivity contribution < 1.29 is 24.9 Å². The SMILES string of the molecule is CCCC(O)(C#Cc1ccc(C(CC)(CC)c2ccc(OC[C@@H](O)CCC(=O)O)c(C)c2)cc1C)CCC. The summed E-state index contributed by atoms with van der Waals surface area (Å²) in [4.78, 5) is 10.7. The first-order valence-corrected chi connectivity index (χ1v) is 14.0. The third-order valence-electron chi connectivity index (χ3n) is 7.59. The van der Waals surface area contributed by atoms with E-state index in [9.17, 15) is 15.0 Å². The summed E-state index contributed by atoms with van der Waals surface area (Å²) in [6.07, 6.45) is 4.26. The number of aryl methyl sites for hydroxylation is 2. The van der Waals surface area contributed by atoms with Crippen LogP contribution >= 0.6 is 0 Å². The summed E-state index contributed by atoms with van der Waals surface area (Å²) in [7, 11) is 0. The molecule has 0 saturated carbocycles. The van der Waals surface area contributed by atoms with Gasteiger partial charge in [0.05, 0.1) is 6.10 Å². The summed E-state index contributed by atoms with van der Waals surface area (Å²) in [5.41, 5.74) is 4.36. The Hall–Kier alpha value is -2.81. The molecule has 0 aromatic heterocycles. The van der Waals surface area contributed by atoms with Gasteiger partial charge in [-0.1, -0.05) is 76.6 Å². The number of benzene rings is 2. The number of carboxylic acids is 1. The van der Waals surface area contributed by atoms with Gasteiger partial charge in [0.25, 0.3) is 0 Å². The largest absolute Gasteiger partial charge is 0.491 e. The minimum absolute atomic E-state index is 0.0630. The van der Waals surface area contributed by atoms with Crippen molar-refractivity contribution in [3.8, 4) is 17.6 Å². The fourth-order valence-electron chi connectivity index (χ4n) is 5.26. The third-order valence-corrected chi connectivity index (χ3v) is 7.59. The second-order valence-electron chi connectivity index (χ2n) is 10.5. The molecule has 3 N–H and O–H groups in total. The van der Waals surface area contributed by atoms with Crippen molar-refractivity contribution >= 4 is 5.97 Å². The molecule has 0 amide bonds. The molecule has 5 heteroatoms. The van der Waals surface area contributed by atoms with Gasteiger partial charge in [-0.2, -0.15) is 0 Å². The van der Waals surface area contributed by atoms with Crippen LogP contribution in [0.4, 0.5) is 0 Å². The molecule has 0 heterocycles. The van der Waals surface area contributed by atoms with Crippen LogP contribution in [0.15, 0.2) is 36.4 Å². The van der Waals surface area contributed by atoms with Crippen molar-refractivity contribution in [1.29, 1.82) is 0 Å². The molecular weight excluding hydrogens is 476 g/mol. The molecule has 208 valence electrons. The zero-order chi connectivity index (χ0) is 28.3. The lowest BCUT2D eigenvalue weighted by Crippen LogP contribution is -2.27. The normalized spacial score (nSPS) is 12.5. The monoisotopic (exact) mass is 522 g/mol. The second-order valence-corrected chi connectivity index (χ2v) is 10.5. The van der Waals surface area contributed by atoms with Gasteiger partial charge in [0.2, 0.25) is 0 Å². The Morgan fingerprint density at radius 3 is 2.03 bits per heavy atom. The third kappa shape index (κ3) is 8.09. The number of hydrogen-bond acceptors (Lipinski definition) is 4. The molecule has 38 heavy (non-hydrogen) atoms. The van der Waals surface area contributed by atoms with Crippen LogP contribution in [-0.4, -0.2) is 39.6 Å². The van der Waals surface area contributed by atoms with Crippen LogP contribution in [-0.2, 0) is 10.2 Å². The van der Waals surface area contributed by atoms with Crippen LogP contribution < -0.4 is 4.74 Å². The highest BCUT2D eigenvalue weighted by Crippen LogP contribution is 2.41. The lowest BCUT2D eigenvalue weighted by molar-refractivity contribution is -0.137. The van der Waals surface area contributed by atoms with Crippen molar-refractivity contribution in [2.75, 3.05) is 6.61 Å². The first kappa shape index (κ1) is 31.4. The van der Waals surface area contributed by atoms with Crippen LogP contribution in [0.3, 0.4) is 0 Å². The Morgan fingerprint density at radius 2 is 1.53 bits per heavy atom. The van der Waals surface area contributed by atoms with E-state index in [-0.39, 0.29) is 24.9 Å². The predicted octanol–water partition coefficient (Wildman–Crippen LogP) is 6.70. The van der Waals surface area contributed by atoms with Gasteiger partial charge in [0.1, 0.15) is 18.0 Å². The molecule has 0 aliphatic carbocycles. The van der Waals surface area contributed by atoms with E-state index in [1.54, 1.807) is 0 Å². The average molecular weight is 523 g/mol. The lowest BCUT2D eigenvalue weighted by atomic mass is 9.70. The summed E-state index contributed by atoms with van der Waals surface area (Å²) in [5, 5.41) is 29.7. The molecule has 1 atom stereocenters. The van der Waals surface area contributed by atoms with E-state index in [2.05, 4.69) is 76.8 Å². The highest BCUT2D eigenvalue weighted by Gasteiger charge is 2.31. The van der Waals surface area contributed by atoms with E-state index in [1.165, 1.54) is 11.1 Å². The molecule has 0 spiro atoms. The molecule has 0 radical (unpaired) electrons. The van der Waals surface area contributed by atoms with Gasteiger partial charge >= 0.3 is 5.97 Å². The Kier molecular flexibility index (Phi) is 11.9. The van der Waals surface area contributed by atoms with Gasteiger partial charge in [0.15, 0.2) is 0 Å². The number of aliphatic hydroxyl groups is 2. The Bertz CT molecular complexity index is 1110. The molecule has 0 aliphatic rings. The quantitative estimate of drug-likeness (QED) is 0.240. The molecule has 2 rings (SSSR count). The van der Waals surface area contributed by atoms with Crippen LogP contribution in [0.2, 0.25) is 0 Å². The average Bonchev–Trinajstić information content (AvgIpc) is 2.88. The fraction of sp³-hybridized carbons (Fsp3) is 0.545. The lowest BCUT2D eigenvalue weighted by Gasteiger charge is -2.34. The van der Waals surface area contributed by atoms with Gasteiger partial charge in [-0.3, -0.25) is 4.79 Å². The van der Waals surface area contributed by atoms with Gasteiger partial charge in [-0.05, 0) is 80.3 Å². The van der Waals surface area contributed by atoms with Crippen LogP contribution in [0, 0.1) is 25.7 Å². The maximum atomic E-state index is 10.9. The first-order valence-electron chi connectivity index (χ1n) is 14.0. The maximum absolute atomic E-state index is 10.9. The standard InChI is InChI=1S/C33H46O5/c1-7-18-32(37,19-8-2)20-17-26-11-12-27(21-24(26)5)33(9-3,10-4)28-13-15-30(25(6)22-28)38-23-29(34)14-16-31(35)36/h11-13,15,21-22,29,34,37H,7-10,14,16,18-19,23H2,1-6H3,(H,35,36)/t29-/m0/s1. The van der Waals surface area contributed by atoms with E-state index in [0.29, 0.717) is 18.6 Å². The summed E-state index contributed by atoms with van der Waals surface area (Å²) >= 11 is 0. The van der Waals surface area contributed by atoms with E-state index >= 15 is 0 Å². The Balaban J connectivity index is 2.32. The second kappa shape index (κ2) is 14.4. The molecule has 2 aromatic carbocycles. The molecule has 2 aromatic rings. The summed E-state index contributed by atoms with van der Waals surface area (Å²) in [5.74, 6) is 6.19. The number of rotatable bonds is 14. The fourth-order valence-corrected chi connectivity index (χ4v) is 5.26. The number of aliphatic carboxylic acids is 1. The molecule has 0 saturated heterocycles. The van der Waals surface area contributed by atoms with Crippen LogP contribution in [0.5, 0.6) is 5.75 Å². The molecule has 0 fully saturated rings. The van der Waals surface area contributed by atoms with Crippen molar-refractivity contribution in [2.45, 2.75) is 110 Å². The minimum atomic E-state index is -0.932. The minimum Gasteiger partial charge on any atom is -0.491 e. The first-order chi connectivity index (χ1) is 18.0. The highest BCUT2D eigenvalue weighted by atomic mass is 16.5. The number of aliphatic hydroxyl groups excluding tert-OH is 1. The zero-order valence-corrected chi connectivity index (χ0v) is 24.1. The van der Waals surface area contributed by atoms with Crippen molar-refractivity contribution in [3.63, 3.8) is 0 Å². The van der Waals surface area contributed by atoms with E-state index in [4.69, 9.17) is 9.84 Å². The maximum Gasteiger partial charge on any atom is 0.303 e. The molecule has 0 unspecified atom stereocenters. The van der Waals surface area contributed by atoms with E-state index in [1.807, 2.05) is 13.0 Å². The molecule has 0 bridgehead atoms. The summed E-state index contributed by atoms with van der Waals surface area (Å²) in [6.45, 7) is 12.7.